The third kappa shape index (κ3) is 4.56. The molecule has 3 rings (SSSR count). The minimum Gasteiger partial charge on any atom is -0.487 e. The number of nitrogens with one attached hydrogen (secondary N) is 1. The fourth-order valence-corrected chi connectivity index (χ4v) is 3.46. The topological polar surface area (TPSA) is 47.6 Å². The van der Waals surface area contributed by atoms with Gasteiger partial charge in [0.25, 0.3) is 5.91 Å². The molecular formula is C22H26ClNO3. The summed E-state index contributed by atoms with van der Waals surface area (Å²) in [5, 5.41) is 3.81. The first-order valence-electron chi connectivity index (χ1n) is 9.17. The summed E-state index contributed by atoms with van der Waals surface area (Å²) in [6.45, 7) is 9.76. The second-order valence-corrected chi connectivity index (χ2v) is 8.25. The molecule has 0 bridgehead atoms. The van der Waals surface area contributed by atoms with Gasteiger partial charge >= 0.3 is 0 Å². The Morgan fingerprint density at radius 1 is 1.26 bits per heavy atom. The first-order chi connectivity index (χ1) is 12.6. The molecule has 0 radical (unpaired) electrons. The summed E-state index contributed by atoms with van der Waals surface area (Å²) in [5.74, 6) is 1.30. The van der Waals surface area contributed by atoms with Crippen molar-refractivity contribution in [3.8, 4) is 11.5 Å². The number of benzene rings is 2. The van der Waals surface area contributed by atoms with E-state index in [1.54, 1.807) is 19.1 Å². The maximum atomic E-state index is 12.8. The molecule has 4 nitrogen and oxygen atoms in total. The van der Waals surface area contributed by atoms with Gasteiger partial charge < -0.3 is 14.8 Å². The predicted molar refractivity (Wildman–Crippen MR) is 108 cm³/mol. The van der Waals surface area contributed by atoms with Gasteiger partial charge in [-0.2, -0.15) is 0 Å². The number of ether oxygens (including phenoxy) is 2. The van der Waals surface area contributed by atoms with Crippen molar-refractivity contribution < 1.29 is 14.3 Å². The van der Waals surface area contributed by atoms with Crippen molar-refractivity contribution in [1.29, 1.82) is 0 Å². The highest BCUT2D eigenvalue weighted by Gasteiger charge is 2.35. The van der Waals surface area contributed by atoms with E-state index in [0.717, 1.165) is 22.4 Å². The first kappa shape index (κ1) is 19.6. The van der Waals surface area contributed by atoms with Crippen molar-refractivity contribution in [1.82, 2.24) is 5.32 Å². The largest absolute Gasteiger partial charge is 0.487 e. The van der Waals surface area contributed by atoms with Crippen LogP contribution in [0.1, 0.15) is 49.9 Å². The standard InChI is InChI=1S/C22H26ClNO3/c1-13-6-9-20-17(10-13)19(12-22(4,5)27-20)24-21(25)15(3)26-16-7-8-18(23)14(2)11-16/h6-11,15,19H,12H2,1-5H3,(H,24,25)/t15-,19+/m0/s1. The average Bonchev–Trinajstić information content (AvgIpc) is 2.58. The van der Waals surface area contributed by atoms with Crippen molar-refractivity contribution >= 4 is 17.5 Å². The SMILES string of the molecule is Cc1ccc2c(c1)[C@H](NC(=O)[C@H](C)Oc1ccc(Cl)c(C)c1)CC(C)(C)O2. The third-order valence-electron chi connectivity index (χ3n) is 4.75. The Labute approximate surface area is 165 Å². The van der Waals surface area contributed by atoms with Crippen LogP contribution >= 0.6 is 11.6 Å². The van der Waals surface area contributed by atoms with E-state index < -0.39 is 6.10 Å². The van der Waals surface area contributed by atoms with Crippen LogP contribution < -0.4 is 14.8 Å². The Hall–Kier alpha value is -2.20. The van der Waals surface area contributed by atoms with Crippen LogP contribution in [0.3, 0.4) is 0 Å². The van der Waals surface area contributed by atoms with Gasteiger partial charge in [0.15, 0.2) is 6.10 Å². The van der Waals surface area contributed by atoms with Gasteiger partial charge in [-0.3, -0.25) is 4.79 Å². The summed E-state index contributed by atoms with van der Waals surface area (Å²) in [4.78, 5) is 12.8. The molecule has 2 aromatic rings. The first-order valence-corrected chi connectivity index (χ1v) is 9.55. The summed E-state index contributed by atoms with van der Waals surface area (Å²) < 4.78 is 11.9. The molecule has 1 heterocycles. The van der Waals surface area contributed by atoms with Gasteiger partial charge in [-0.05, 0) is 64.4 Å². The summed E-state index contributed by atoms with van der Waals surface area (Å²) in [6, 6.07) is 11.3. The van der Waals surface area contributed by atoms with Crippen LogP contribution in [-0.4, -0.2) is 17.6 Å². The lowest BCUT2D eigenvalue weighted by molar-refractivity contribution is -0.128. The van der Waals surface area contributed by atoms with Crippen molar-refractivity contribution in [2.24, 2.45) is 0 Å². The maximum absolute atomic E-state index is 12.8. The molecule has 0 aromatic heterocycles. The highest BCUT2D eigenvalue weighted by molar-refractivity contribution is 6.31. The summed E-state index contributed by atoms with van der Waals surface area (Å²) in [7, 11) is 0. The van der Waals surface area contributed by atoms with Gasteiger partial charge in [0.1, 0.15) is 17.1 Å². The summed E-state index contributed by atoms with van der Waals surface area (Å²) in [6.07, 6.45) is 0.0758. The molecule has 0 saturated carbocycles. The molecule has 5 heteroatoms. The van der Waals surface area contributed by atoms with E-state index in [1.165, 1.54) is 0 Å². The zero-order chi connectivity index (χ0) is 19.8. The van der Waals surface area contributed by atoms with Crippen LogP contribution in [0.5, 0.6) is 11.5 Å². The number of fused-ring (bicyclic) bond motifs is 1. The molecule has 144 valence electrons. The van der Waals surface area contributed by atoms with E-state index in [0.29, 0.717) is 17.2 Å². The van der Waals surface area contributed by atoms with Gasteiger partial charge in [0.2, 0.25) is 0 Å². The van der Waals surface area contributed by atoms with E-state index in [9.17, 15) is 4.79 Å². The molecule has 1 N–H and O–H groups in total. The number of hydrogen-bond donors (Lipinski definition) is 1. The molecule has 1 aliphatic rings. The van der Waals surface area contributed by atoms with E-state index in [-0.39, 0.29) is 17.6 Å². The monoisotopic (exact) mass is 387 g/mol. The molecule has 0 unspecified atom stereocenters. The van der Waals surface area contributed by atoms with E-state index >= 15 is 0 Å². The number of rotatable bonds is 4. The molecule has 1 amide bonds. The van der Waals surface area contributed by atoms with E-state index in [4.69, 9.17) is 21.1 Å². The Morgan fingerprint density at radius 2 is 2.00 bits per heavy atom. The number of carbonyl (C=O) groups is 1. The molecule has 27 heavy (non-hydrogen) atoms. The minimum absolute atomic E-state index is 0.117. The van der Waals surface area contributed by atoms with Crippen LogP contribution in [0.15, 0.2) is 36.4 Å². The number of carbonyl (C=O) groups excluding carboxylic acids is 1. The zero-order valence-electron chi connectivity index (χ0n) is 16.4. The van der Waals surface area contributed by atoms with Crippen molar-refractivity contribution in [2.75, 3.05) is 0 Å². The van der Waals surface area contributed by atoms with Crippen LogP contribution in [0.2, 0.25) is 5.02 Å². The van der Waals surface area contributed by atoms with E-state index in [1.807, 2.05) is 45.9 Å². The molecule has 0 aliphatic carbocycles. The lowest BCUT2D eigenvalue weighted by Crippen LogP contribution is -2.44. The summed E-state index contributed by atoms with van der Waals surface area (Å²) in [5.41, 5.74) is 2.71. The number of aryl methyl sites for hydroxylation is 2. The van der Waals surface area contributed by atoms with Crippen LogP contribution in [0.4, 0.5) is 0 Å². The predicted octanol–water partition coefficient (Wildman–Crippen LogP) is 5.14. The van der Waals surface area contributed by atoms with Gasteiger partial charge in [0, 0.05) is 17.0 Å². The fourth-order valence-electron chi connectivity index (χ4n) is 3.34. The van der Waals surface area contributed by atoms with Crippen molar-refractivity contribution in [2.45, 2.75) is 58.8 Å². The number of amides is 1. The van der Waals surface area contributed by atoms with Crippen LogP contribution in [0, 0.1) is 13.8 Å². The molecule has 2 aromatic carbocycles. The van der Waals surface area contributed by atoms with Gasteiger partial charge in [-0.1, -0.05) is 29.3 Å². The summed E-state index contributed by atoms with van der Waals surface area (Å²) >= 11 is 6.05. The van der Waals surface area contributed by atoms with Gasteiger partial charge in [0.05, 0.1) is 6.04 Å². The highest BCUT2D eigenvalue weighted by atomic mass is 35.5. The molecular weight excluding hydrogens is 362 g/mol. The van der Waals surface area contributed by atoms with Gasteiger partial charge in [-0.15, -0.1) is 0 Å². The van der Waals surface area contributed by atoms with Crippen LogP contribution in [0.25, 0.3) is 0 Å². The highest BCUT2D eigenvalue weighted by Crippen LogP contribution is 2.39. The third-order valence-corrected chi connectivity index (χ3v) is 5.17. The fraction of sp³-hybridized carbons (Fsp3) is 0.409. The Kier molecular flexibility index (Phi) is 5.38. The maximum Gasteiger partial charge on any atom is 0.261 e. The lowest BCUT2D eigenvalue weighted by Gasteiger charge is -2.38. The Morgan fingerprint density at radius 3 is 2.70 bits per heavy atom. The number of halogens is 1. The average molecular weight is 388 g/mol. The quantitative estimate of drug-likeness (QED) is 0.789. The molecule has 2 atom stereocenters. The lowest BCUT2D eigenvalue weighted by atomic mass is 9.89. The molecule has 1 aliphatic heterocycles. The minimum atomic E-state index is -0.621. The Bertz CT molecular complexity index is 863. The van der Waals surface area contributed by atoms with E-state index in [2.05, 4.69) is 11.4 Å². The van der Waals surface area contributed by atoms with Crippen LogP contribution in [-0.2, 0) is 4.79 Å². The zero-order valence-corrected chi connectivity index (χ0v) is 17.2. The van der Waals surface area contributed by atoms with Crippen molar-refractivity contribution in [3.63, 3.8) is 0 Å². The molecule has 0 fully saturated rings. The Balaban J connectivity index is 1.74. The normalized spacial score (nSPS) is 18.8. The smallest absolute Gasteiger partial charge is 0.261 e. The second kappa shape index (κ2) is 7.43. The molecule has 0 saturated heterocycles. The van der Waals surface area contributed by atoms with Crippen molar-refractivity contribution in [3.05, 3.63) is 58.1 Å². The number of hydrogen-bond acceptors (Lipinski definition) is 3. The van der Waals surface area contributed by atoms with Gasteiger partial charge in [-0.25, -0.2) is 0 Å². The second-order valence-electron chi connectivity index (χ2n) is 7.84. The molecule has 0 spiro atoms.